The minimum Gasteiger partial charge on any atom is -0.359 e. The van der Waals surface area contributed by atoms with E-state index in [-0.39, 0.29) is 23.6 Å². The molecule has 5 heteroatoms. The molecule has 2 saturated heterocycles. The van der Waals surface area contributed by atoms with E-state index in [0.717, 1.165) is 22.3 Å². The Hall–Kier alpha value is -3.21. The number of ketones is 1. The van der Waals surface area contributed by atoms with Crippen LogP contribution in [-0.2, 0) is 14.4 Å². The fourth-order valence-electron chi connectivity index (χ4n) is 5.14. The van der Waals surface area contributed by atoms with E-state index in [1.807, 2.05) is 73.5 Å². The van der Waals surface area contributed by atoms with Crippen molar-refractivity contribution >= 4 is 29.4 Å². The number of rotatable bonds is 2. The summed E-state index contributed by atoms with van der Waals surface area (Å²) in [6.45, 7) is 5.47. The van der Waals surface area contributed by atoms with Gasteiger partial charge in [0.1, 0.15) is 0 Å². The number of anilines is 1. The van der Waals surface area contributed by atoms with Crippen LogP contribution in [0, 0.1) is 25.7 Å². The Labute approximate surface area is 169 Å². The van der Waals surface area contributed by atoms with E-state index in [4.69, 9.17) is 0 Å². The van der Waals surface area contributed by atoms with E-state index in [2.05, 4.69) is 0 Å². The molecule has 2 fully saturated rings. The third kappa shape index (κ3) is 2.36. The van der Waals surface area contributed by atoms with Crippen LogP contribution in [0.5, 0.6) is 0 Å². The molecule has 0 bridgehead atoms. The first-order chi connectivity index (χ1) is 13.9. The van der Waals surface area contributed by atoms with Crippen LogP contribution in [0.4, 0.5) is 5.69 Å². The number of Topliss-reactive ketones (excluding diaryl/α,β-unsaturated/α-hetero) is 1. The molecule has 0 saturated carbocycles. The molecule has 3 heterocycles. The van der Waals surface area contributed by atoms with Gasteiger partial charge >= 0.3 is 0 Å². The van der Waals surface area contributed by atoms with E-state index in [1.54, 1.807) is 0 Å². The van der Waals surface area contributed by atoms with Crippen molar-refractivity contribution < 1.29 is 14.4 Å². The fraction of sp³-hybridized carbons (Fsp3) is 0.292. The first-order valence-corrected chi connectivity index (χ1v) is 9.90. The summed E-state index contributed by atoms with van der Waals surface area (Å²) >= 11 is 0. The highest BCUT2D eigenvalue weighted by Gasteiger charge is 2.63. The Morgan fingerprint density at radius 1 is 0.931 bits per heavy atom. The Kier molecular flexibility index (Phi) is 3.78. The molecule has 146 valence electrons. The maximum absolute atomic E-state index is 13.6. The minimum atomic E-state index is -0.664. The van der Waals surface area contributed by atoms with E-state index in [0.29, 0.717) is 5.69 Å². The van der Waals surface area contributed by atoms with Gasteiger partial charge in [0, 0.05) is 6.20 Å². The van der Waals surface area contributed by atoms with Crippen molar-refractivity contribution in [3.05, 3.63) is 70.9 Å². The number of fused-ring (bicyclic) bond motifs is 5. The highest BCUT2D eigenvalue weighted by Crippen LogP contribution is 2.53. The van der Waals surface area contributed by atoms with Crippen molar-refractivity contribution in [3.8, 4) is 0 Å². The van der Waals surface area contributed by atoms with Gasteiger partial charge in [-0.25, -0.2) is 4.90 Å². The SMILES string of the molecule is CC(=O)[C@H]1[C@H]2C(=O)N(c3ccc(C)c(C)c3)C(=O)[C@H]2[C@@H]2c3ccccc3C=CN12. The standard InChI is InChI=1S/C24H22N2O3/c1-13-8-9-17(12-14(13)2)26-23(28)19-20(24(26)29)22-18-7-5-4-6-16(18)10-11-25(22)21(19)15(3)27/h4-12,19-22H,1-3H3/t19-,20+,21-,22-/m0/s1. The summed E-state index contributed by atoms with van der Waals surface area (Å²) in [5.74, 6) is -1.81. The lowest BCUT2D eigenvalue weighted by Crippen LogP contribution is -2.43. The van der Waals surface area contributed by atoms with Gasteiger partial charge in [0.15, 0.2) is 5.78 Å². The van der Waals surface area contributed by atoms with E-state index < -0.39 is 17.9 Å². The summed E-state index contributed by atoms with van der Waals surface area (Å²) < 4.78 is 0. The molecular weight excluding hydrogens is 364 g/mol. The summed E-state index contributed by atoms with van der Waals surface area (Å²) in [6.07, 6.45) is 3.83. The van der Waals surface area contributed by atoms with Gasteiger partial charge in [-0.15, -0.1) is 0 Å². The molecule has 2 amide bonds. The average molecular weight is 386 g/mol. The molecule has 0 aromatic heterocycles. The maximum Gasteiger partial charge on any atom is 0.240 e. The number of benzene rings is 2. The Morgan fingerprint density at radius 2 is 1.66 bits per heavy atom. The number of carbonyl (C=O) groups excluding carboxylic acids is 3. The second-order valence-electron chi connectivity index (χ2n) is 8.22. The van der Waals surface area contributed by atoms with Gasteiger partial charge in [-0.05, 0) is 61.2 Å². The van der Waals surface area contributed by atoms with Crippen LogP contribution in [0.15, 0.2) is 48.7 Å². The summed E-state index contributed by atoms with van der Waals surface area (Å²) in [5.41, 5.74) is 4.74. The number of nitrogens with zero attached hydrogens (tertiary/aromatic N) is 2. The van der Waals surface area contributed by atoms with Gasteiger partial charge in [0.05, 0.1) is 29.6 Å². The van der Waals surface area contributed by atoms with Crippen LogP contribution < -0.4 is 4.90 Å². The highest BCUT2D eigenvalue weighted by molar-refractivity contribution is 6.24. The molecule has 3 aliphatic rings. The molecule has 3 aliphatic heterocycles. The smallest absolute Gasteiger partial charge is 0.240 e. The summed E-state index contributed by atoms with van der Waals surface area (Å²) in [7, 11) is 0. The summed E-state index contributed by atoms with van der Waals surface area (Å²) in [4.78, 5) is 42.9. The molecule has 0 unspecified atom stereocenters. The summed E-state index contributed by atoms with van der Waals surface area (Å²) in [5, 5.41) is 0. The van der Waals surface area contributed by atoms with Crippen LogP contribution in [0.3, 0.4) is 0 Å². The third-order valence-electron chi connectivity index (χ3n) is 6.63. The molecule has 0 aliphatic carbocycles. The average Bonchev–Trinajstić information content (AvgIpc) is 3.17. The van der Waals surface area contributed by atoms with Gasteiger partial charge in [0.25, 0.3) is 0 Å². The number of carbonyl (C=O) groups is 3. The van der Waals surface area contributed by atoms with Crippen LogP contribution in [0.25, 0.3) is 6.08 Å². The van der Waals surface area contributed by atoms with Crippen molar-refractivity contribution in [1.29, 1.82) is 0 Å². The van der Waals surface area contributed by atoms with Crippen LogP contribution in [0.2, 0.25) is 0 Å². The largest absolute Gasteiger partial charge is 0.359 e. The Bertz CT molecular complexity index is 1100. The predicted molar refractivity (Wildman–Crippen MR) is 110 cm³/mol. The second-order valence-corrected chi connectivity index (χ2v) is 8.22. The zero-order valence-corrected chi connectivity index (χ0v) is 16.6. The van der Waals surface area contributed by atoms with Gasteiger partial charge < -0.3 is 4.90 Å². The first-order valence-electron chi connectivity index (χ1n) is 9.90. The van der Waals surface area contributed by atoms with Crippen molar-refractivity contribution in [2.75, 3.05) is 4.90 Å². The predicted octanol–water partition coefficient (Wildman–Crippen LogP) is 3.41. The molecular formula is C24H22N2O3. The molecule has 2 aromatic carbocycles. The van der Waals surface area contributed by atoms with Gasteiger partial charge in [0.2, 0.25) is 11.8 Å². The molecule has 5 rings (SSSR count). The van der Waals surface area contributed by atoms with Crippen LogP contribution in [0.1, 0.15) is 35.2 Å². The molecule has 0 spiro atoms. The number of amides is 2. The van der Waals surface area contributed by atoms with E-state index in [1.165, 1.54) is 11.8 Å². The van der Waals surface area contributed by atoms with Crippen LogP contribution in [-0.4, -0.2) is 28.5 Å². The molecule has 0 radical (unpaired) electrons. The molecule has 5 nitrogen and oxygen atoms in total. The second kappa shape index (κ2) is 6.14. The van der Waals surface area contributed by atoms with Crippen molar-refractivity contribution in [2.24, 2.45) is 11.8 Å². The van der Waals surface area contributed by atoms with E-state index in [9.17, 15) is 14.4 Å². The lowest BCUT2D eigenvalue weighted by Gasteiger charge is -2.35. The highest BCUT2D eigenvalue weighted by atomic mass is 16.2. The molecule has 4 atom stereocenters. The Balaban J connectivity index is 1.65. The number of hydrogen-bond acceptors (Lipinski definition) is 4. The third-order valence-corrected chi connectivity index (χ3v) is 6.63. The van der Waals surface area contributed by atoms with Gasteiger partial charge in [-0.1, -0.05) is 30.3 Å². The van der Waals surface area contributed by atoms with Crippen LogP contribution >= 0.6 is 0 Å². The topological polar surface area (TPSA) is 57.7 Å². The molecule has 2 aromatic rings. The van der Waals surface area contributed by atoms with Crippen molar-refractivity contribution in [3.63, 3.8) is 0 Å². The van der Waals surface area contributed by atoms with Crippen molar-refractivity contribution in [1.82, 2.24) is 4.90 Å². The van der Waals surface area contributed by atoms with Gasteiger partial charge in [-0.3, -0.25) is 14.4 Å². The lowest BCUT2D eigenvalue weighted by atomic mass is 9.84. The number of hydrogen-bond donors (Lipinski definition) is 0. The monoisotopic (exact) mass is 386 g/mol. The quantitative estimate of drug-likeness (QED) is 0.743. The Morgan fingerprint density at radius 3 is 2.38 bits per heavy atom. The summed E-state index contributed by atoms with van der Waals surface area (Å²) in [6, 6.07) is 12.6. The number of aryl methyl sites for hydroxylation is 2. The normalized spacial score (nSPS) is 27.1. The minimum absolute atomic E-state index is 0.0883. The zero-order valence-electron chi connectivity index (χ0n) is 16.6. The lowest BCUT2D eigenvalue weighted by molar-refractivity contribution is -0.129. The maximum atomic E-state index is 13.6. The van der Waals surface area contributed by atoms with Gasteiger partial charge in [-0.2, -0.15) is 0 Å². The number of imide groups is 1. The zero-order chi connectivity index (χ0) is 20.4. The van der Waals surface area contributed by atoms with Crippen molar-refractivity contribution in [2.45, 2.75) is 32.9 Å². The fourth-order valence-corrected chi connectivity index (χ4v) is 5.14. The first kappa shape index (κ1) is 17.9. The molecule has 29 heavy (non-hydrogen) atoms. The molecule has 0 N–H and O–H groups in total. The van der Waals surface area contributed by atoms with E-state index >= 15 is 0 Å².